The van der Waals surface area contributed by atoms with Crippen molar-refractivity contribution in [1.29, 1.82) is 0 Å². The summed E-state index contributed by atoms with van der Waals surface area (Å²) >= 11 is 0. The van der Waals surface area contributed by atoms with Gasteiger partial charge in [-0.1, -0.05) is 19.3 Å². The Kier molecular flexibility index (Phi) is 7.40. The minimum Gasteiger partial charge on any atom is -0.368 e. The van der Waals surface area contributed by atoms with E-state index in [1.807, 2.05) is 11.8 Å². The van der Waals surface area contributed by atoms with Crippen LogP contribution in [0.15, 0.2) is 42.7 Å². The minimum absolute atomic E-state index is 0.0188. The van der Waals surface area contributed by atoms with E-state index in [9.17, 15) is 14.4 Å². The SMILES string of the molecule is CCN(C(=O)c1ccc2c(c1)nc(NC(=O)c1cccnc1)n2C[C@H](N)C(N)=O)C1CCCCC1. The van der Waals surface area contributed by atoms with Crippen LogP contribution in [-0.2, 0) is 11.3 Å². The highest BCUT2D eigenvalue weighted by atomic mass is 16.2. The highest BCUT2D eigenvalue weighted by molar-refractivity contribution is 6.04. The Morgan fingerprint density at radius 2 is 1.94 bits per heavy atom. The number of hydrogen-bond donors (Lipinski definition) is 3. The monoisotopic (exact) mass is 477 g/mol. The number of fused-ring (bicyclic) bond motifs is 1. The van der Waals surface area contributed by atoms with Crippen molar-refractivity contribution in [3.05, 3.63) is 53.9 Å². The number of primary amides is 1. The van der Waals surface area contributed by atoms with E-state index in [2.05, 4.69) is 15.3 Å². The van der Waals surface area contributed by atoms with Crippen LogP contribution < -0.4 is 16.8 Å². The van der Waals surface area contributed by atoms with Crippen molar-refractivity contribution in [2.45, 2.75) is 57.7 Å². The molecule has 0 bridgehead atoms. The van der Waals surface area contributed by atoms with Gasteiger partial charge in [-0.2, -0.15) is 0 Å². The fourth-order valence-corrected chi connectivity index (χ4v) is 4.63. The van der Waals surface area contributed by atoms with E-state index in [4.69, 9.17) is 11.5 Å². The third-order valence-electron chi connectivity index (χ3n) is 6.51. The summed E-state index contributed by atoms with van der Waals surface area (Å²) in [7, 11) is 0. The molecule has 1 saturated carbocycles. The predicted molar refractivity (Wildman–Crippen MR) is 133 cm³/mol. The molecule has 0 aliphatic heterocycles. The lowest BCUT2D eigenvalue weighted by molar-refractivity contribution is -0.119. The second kappa shape index (κ2) is 10.6. The summed E-state index contributed by atoms with van der Waals surface area (Å²) in [6.45, 7) is 2.65. The van der Waals surface area contributed by atoms with Gasteiger partial charge in [0.2, 0.25) is 11.9 Å². The zero-order chi connectivity index (χ0) is 24.9. The van der Waals surface area contributed by atoms with Crippen molar-refractivity contribution in [1.82, 2.24) is 19.4 Å². The van der Waals surface area contributed by atoms with Crippen LogP contribution in [0.3, 0.4) is 0 Å². The third-order valence-corrected chi connectivity index (χ3v) is 6.51. The molecule has 3 amide bonds. The van der Waals surface area contributed by atoms with E-state index in [1.165, 1.54) is 12.6 Å². The molecule has 0 saturated heterocycles. The molecule has 1 aliphatic rings. The Morgan fingerprint density at radius 1 is 1.17 bits per heavy atom. The molecular formula is C25H31N7O3. The molecule has 184 valence electrons. The smallest absolute Gasteiger partial charge is 0.259 e. The summed E-state index contributed by atoms with van der Waals surface area (Å²) in [6.07, 6.45) is 8.54. The number of benzene rings is 1. The Labute approximate surface area is 203 Å². The van der Waals surface area contributed by atoms with Crippen molar-refractivity contribution in [2.24, 2.45) is 11.5 Å². The topological polar surface area (TPSA) is 149 Å². The van der Waals surface area contributed by atoms with Crippen LogP contribution in [0.2, 0.25) is 0 Å². The van der Waals surface area contributed by atoms with Gasteiger partial charge in [-0.15, -0.1) is 0 Å². The van der Waals surface area contributed by atoms with Gasteiger partial charge in [0, 0.05) is 30.5 Å². The fourth-order valence-electron chi connectivity index (χ4n) is 4.63. The Bertz CT molecular complexity index is 1220. The van der Waals surface area contributed by atoms with Crippen molar-refractivity contribution >= 4 is 34.7 Å². The number of pyridine rings is 1. The number of imidazole rings is 1. The van der Waals surface area contributed by atoms with Crippen molar-refractivity contribution < 1.29 is 14.4 Å². The lowest BCUT2D eigenvalue weighted by Crippen LogP contribution is -2.41. The number of amides is 3. The molecule has 10 heteroatoms. The van der Waals surface area contributed by atoms with Crippen LogP contribution in [0, 0.1) is 0 Å². The molecule has 1 fully saturated rings. The summed E-state index contributed by atoms with van der Waals surface area (Å²) < 4.78 is 1.63. The second-order valence-corrected chi connectivity index (χ2v) is 8.84. The maximum Gasteiger partial charge on any atom is 0.259 e. The molecule has 0 spiro atoms. The quantitative estimate of drug-likeness (QED) is 0.453. The number of rotatable bonds is 8. The first kappa shape index (κ1) is 24.3. The van der Waals surface area contributed by atoms with Crippen LogP contribution in [0.5, 0.6) is 0 Å². The lowest BCUT2D eigenvalue weighted by Gasteiger charge is -2.33. The Balaban J connectivity index is 1.68. The molecule has 5 N–H and O–H groups in total. The number of carbonyl (C=O) groups excluding carboxylic acids is 3. The molecule has 2 heterocycles. The summed E-state index contributed by atoms with van der Waals surface area (Å²) in [5, 5.41) is 2.76. The molecule has 1 atom stereocenters. The largest absolute Gasteiger partial charge is 0.368 e. The highest BCUT2D eigenvalue weighted by Crippen LogP contribution is 2.26. The van der Waals surface area contributed by atoms with E-state index in [0.29, 0.717) is 28.7 Å². The van der Waals surface area contributed by atoms with Crippen LogP contribution >= 0.6 is 0 Å². The molecule has 35 heavy (non-hydrogen) atoms. The maximum absolute atomic E-state index is 13.4. The summed E-state index contributed by atoms with van der Waals surface area (Å²) in [4.78, 5) is 48.2. The van der Waals surface area contributed by atoms with E-state index in [0.717, 1.165) is 25.7 Å². The van der Waals surface area contributed by atoms with Gasteiger partial charge in [-0.3, -0.25) is 24.7 Å². The standard InChI is InChI=1S/C25H31N7O3/c1-2-31(18-8-4-3-5-9-18)24(35)16-10-11-21-20(13-16)29-25(32(21)15-19(26)22(27)33)30-23(34)17-7-6-12-28-14-17/h6-7,10-14,18-19H,2-5,8-9,15,26H2,1H3,(H2,27,33)(H,29,30,34)/t19-/m0/s1. The maximum atomic E-state index is 13.4. The number of anilines is 1. The van der Waals surface area contributed by atoms with Gasteiger partial charge in [0.1, 0.15) is 6.04 Å². The molecule has 0 radical (unpaired) electrons. The van der Waals surface area contributed by atoms with Gasteiger partial charge >= 0.3 is 0 Å². The molecule has 4 rings (SSSR count). The molecule has 3 aromatic rings. The summed E-state index contributed by atoms with van der Waals surface area (Å²) in [6, 6.07) is 7.78. The van der Waals surface area contributed by atoms with Gasteiger partial charge in [0.15, 0.2) is 0 Å². The highest BCUT2D eigenvalue weighted by Gasteiger charge is 2.26. The number of aromatic nitrogens is 3. The van der Waals surface area contributed by atoms with Crippen molar-refractivity contribution in [3.8, 4) is 0 Å². The molecule has 1 aliphatic carbocycles. The van der Waals surface area contributed by atoms with Crippen LogP contribution in [-0.4, -0.2) is 55.8 Å². The molecule has 2 aromatic heterocycles. The minimum atomic E-state index is -0.982. The number of hydrogen-bond acceptors (Lipinski definition) is 6. The second-order valence-electron chi connectivity index (χ2n) is 8.84. The first-order valence-electron chi connectivity index (χ1n) is 12.0. The average molecular weight is 478 g/mol. The molecule has 0 unspecified atom stereocenters. The predicted octanol–water partition coefficient (Wildman–Crippen LogP) is 2.29. The molecular weight excluding hydrogens is 446 g/mol. The van der Waals surface area contributed by atoms with E-state index in [-0.39, 0.29) is 24.4 Å². The number of nitrogens with two attached hydrogens (primary N) is 2. The number of carbonyl (C=O) groups is 3. The first-order chi connectivity index (χ1) is 16.9. The summed E-state index contributed by atoms with van der Waals surface area (Å²) in [5.41, 5.74) is 13.3. The fraction of sp³-hybridized carbons (Fsp3) is 0.400. The van der Waals surface area contributed by atoms with Gasteiger partial charge in [-0.25, -0.2) is 4.98 Å². The Morgan fingerprint density at radius 3 is 2.60 bits per heavy atom. The number of nitrogens with zero attached hydrogens (tertiary/aromatic N) is 4. The first-order valence-corrected chi connectivity index (χ1v) is 12.0. The number of nitrogens with one attached hydrogen (secondary N) is 1. The zero-order valence-electron chi connectivity index (χ0n) is 19.8. The molecule has 10 nitrogen and oxygen atoms in total. The van der Waals surface area contributed by atoms with E-state index < -0.39 is 17.9 Å². The van der Waals surface area contributed by atoms with Crippen LogP contribution in [0.25, 0.3) is 11.0 Å². The van der Waals surface area contributed by atoms with Crippen LogP contribution in [0.1, 0.15) is 59.7 Å². The van der Waals surface area contributed by atoms with Gasteiger partial charge in [-0.05, 0) is 50.1 Å². The lowest BCUT2D eigenvalue weighted by atomic mass is 9.93. The van der Waals surface area contributed by atoms with E-state index in [1.54, 1.807) is 41.1 Å². The van der Waals surface area contributed by atoms with Gasteiger partial charge in [0.05, 0.1) is 23.1 Å². The zero-order valence-corrected chi connectivity index (χ0v) is 19.8. The van der Waals surface area contributed by atoms with Gasteiger partial charge in [0.25, 0.3) is 11.8 Å². The third kappa shape index (κ3) is 5.32. The Hall–Kier alpha value is -3.79. The van der Waals surface area contributed by atoms with Crippen LogP contribution in [0.4, 0.5) is 5.95 Å². The molecule has 1 aromatic carbocycles. The van der Waals surface area contributed by atoms with Crippen molar-refractivity contribution in [3.63, 3.8) is 0 Å². The van der Waals surface area contributed by atoms with E-state index >= 15 is 0 Å². The average Bonchev–Trinajstić information content (AvgIpc) is 3.21. The van der Waals surface area contributed by atoms with Gasteiger partial charge < -0.3 is 20.9 Å². The summed E-state index contributed by atoms with van der Waals surface area (Å²) in [5.74, 6) is -0.914. The normalized spacial score (nSPS) is 15.0. The van der Waals surface area contributed by atoms with Crippen molar-refractivity contribution in [2.75, 3.05) is 11.9 Å².